The summed E-state index contributed by atoms with van der Waals surface area (Å²) in [6, 6.07) is 4.16. The highest BCUT2D eigenvalue weighted by Crippen LogP contribution is 2.23. The van der Waals surface area contributed by atoms with E-state index in [-0.39, 0.29) is 0 Å². The van der Waals surface area contributed by atoms with Crippen molar-refractivity contribution < 1.29 is 8.78 Å². The van der Waals surface area contributed by atoms with Crippen molar-refractivity contribution in [1.82, 2.24) is 9.55 Å². The van der Waals surface area contributed by atoms with Crippen LogP contribution in [0.5, 0.6) is 0 Å². The molecular formula is C14H15F2N3. The fourth-order valence-corrected chi connectivity index (χ4v) is 2.04. The topological polar surface area (TPSA) is 29.9 Å². The second kappa shape index (κ2) is 4.99. The fourth-order valence-electron chi connectivity index (χ4n) is 2.04. The van der Waals surface area contributed by atoms with Gasteiger partial charge in [0.2, 0.25) is 5.95 Å². The molecular weight excluding hydrogens is 248 g/mol. The molecule has 0 unspecified atom stereocenters. The summed E-state index contributed by atoms with van der Waals surface area (Å²) in [5.74, 6) is -0.228. The van der Waals surface area contributed by atoms with Crippen LogP contribution in [0.3, 0.4) is 0 Å². The summed E-state index contributed by atoms with van der Waals surface area (Å²) in [6.07, 6.45) is 6.55. The molecule has 5 heteroatoms. The van der Waals surface area contributed by atoms with Gasteiger partial charge in [-0.1, -0.05) is 0 Å². The molecule has 0 bridgehead atoms. The Bertz CT molecular complexity index is 556. The van der Waals surface area contributed by atoms with Gasteiger partial charge in [0.25, 0.3) is 0 Å². The molecule has 0 aliphatic heterocycles. The Morgan fingerprint density at radius 1 is 1.21 bits per heavy atom. The summed E-state index contributed by atoms with van der Waals surface area (Å²) in [6.45, 7) is 0.651. The highest BCUT2D eigenvalue weighted by Gasteiger charge is 2.22. The van der Waals surface area contributed by atoms with Gasteiger partial charge in [0.05, 0.1) is 0 Å². The van der Waals surface area contributed by atoms with Crippen LogP contribution in [0.2, 0.25) is 0 Å². The molecule has 1 heterocycles. The number of aryl methyl sites for hydroxylation is 2. The Morgan fingerprint density at radius 2 is 1.95 bits per heavy atom. The van der Waals surface area contributed by atoms with Gasteiger partial charge in [-0.2, -0.15) is 0 Å². The summed E-state index contributed by atoms with van der Waals surface area (Å²) >= 11 is 0. The Kier molecular flexibility index (Phi) is 3.19. The van der Waals surface area contributed by atoms with E-state index in [1.807, 2.05) is 10.8 Å². The molecule has 19 heavy (non-hydrogen) atoms. The van der Waals surface area contributed by atoms with Gasteiger partial charge in [0, 0.05) is 31.0 Å². The van der Waals surface area contributed by atoms with Crippen molar-refractivity contribution in [1.29, 1.82) is 0 Å². The van der Waals surface area contributed by atoms with Crippen LogP contribution in [0.15, 0.2) is 30.6 Å². The quantitative estimate of drug-likeness (QED) is 0.898. The lowest BCUT2D eigenvalue weighted by Crippen LogP contribution is -2.10. The lowest BCUT2D eigenvalue weighted by atomic mass is 10.1. The molecule has 3 nitrogen and oxygen atoms in total. The van der Waals surface area contributed by atoms with Gasteiger partial charge in [0.15, 0.2) is 0 Å². The van der Waals surface area contributed by atoms with Crippen LogP contribution in [0.4, 0.5) is 14.7 Å². The van der Waals surface area contributed by atoms with E-state index in [0.717, 1.165) is 12.0 Å². The molecule has 0 amide bonds. The number of nitrogens with zero attached hydrogens (tertiary/aromatic N) is 2. The van der Waals surface area contributed by atoms with Gasteiger partial charge in [-0.05, 0) is 37.0 Å². The zero-order valence-electron chi connectivity index (χ0n) is 10.4. The van der Waals surface area contributed by atoms with Crippen LogP contribution in [-0.2, 0) is 13.0 Å². The monoisotopic (exact) mass is 263 g/mol. The van der Waals surface area contributed by atoms with Crippen LogP contribution >= 0.6 is 0 Å². The standard InChI is InChI=1S/C14H15F2N3/c15-11-7-10(8-12(16)9-11)3-5-19-6-4-17-14(19)18-13-1-2-13/h4,6-9,13H,1-3,5H2,(H,17,18). The van der Waals surface area contributed by atoms with Crippen molar-refractivity contribution in [3.05, 3.63) is 47.8 Å². The lowest BCUT2D eigenvalue weighted by Gasteiger charge is -2.09. The van der Waals surface area contributed by atoms with Crippen molar-refractivity contribution in [3.63, 3.8) is 0 Å². The van der Waals surface area contributed by atoms with Gasteiger partial charge in [-0.15, -0.1) is 0 Å². The number of nitrogens with one attached hydrogen (secondary N) is 1. The summed E-state index contributed by atoms with van der Waals surface area (Å²) in [7, 11) is 0. The molecule has 1 N–H and O–H groups in total. The maximum absolute atomic E-state index is 13.1. The van der Waals surface area contributed by atoms with Crippen molar-refractivity contribution in [2.24, 2.45) is 0 Å². The molecule has 1 saturated carbocycles. The predicted molar refractivity (Wildman–Crippen MR) is 68.9 cm³/mol. The number of benzene rings is 1. The van der Waals surface area contributed by atoms with E-state index < -0.39 is 11.6 Å². The van der Waals surface area contributed by atoms with E-state index in [1.165, 1.54) is 25.0 Å². The molecule has 3 rings (SSSR count). The second-order valence-electron chi connectivity index (χ2n) is 4.89. The van der Waals surface area contributed by atoms with E-state index in [2.05, 4.69) is 10.3 Å². The van der Waals surface area contributed by atoms with Crippen LogP contribution in [0.25, 0.3) is 0 Å². The van der Waals surface area contributed by atoms with E-state index >= 15 is 0 Å². The van der Waals surface area contributed by atoms with E-state index in [9.17, 15) is 8.78 Å². The molecule has 1 aliphatic carbocycles. The minimum absolute atomic E-state index is 0.531. The minimum Gasteiger partial charge on any atom is -0.353 e. The Morgan fingerprint density at radius 3 is 2.63 bits per heavy atom. The SMILES string of the molecule is Fc1cc(F)cc(CCn2ccnc2NC2CC2)c1. The number of hydrogen-bond acceptors (Lipinski definition) is 2. The molecule has 1 aromatic carbocycles. The van der Waals surface area contributed by atoms with Gasteiger partial charge in [0.1, 0.15) is 11.6 Å². The van der Waals surface area contributed by atoms with Crippen molar-refractivity contribution in [3.8, 4) is 0 Å². The van der Waals surface area contributed by atoms with E-state index in [1.54, 1.807) is 6.20 Å². The van der Waals surface area contributed by atoms with Gasteiger partial charge >= 0.3 is 0 Å². The van der Waals surface area contributed by atoms with Gasteiger partial charge in [-0.3, -0.25) is 0 Å². The molecule has 0 saturated heterocycles. The zero-order chi connectivity index (χ0) is 13.2. The predicted octanol–water partition coefficient (Wildman–Crippen LogP) is 2.98. The van der Waals surface area contributed by atoms with Crippen molar-refractivity contribution >= 4 is 5.95 Å². The first-order valence-electron chi connectivity index (χ1n) is 6.43. The highest BCUT2D eigenvalue weighted by atomic mass is 19.1. The second-order valence-corrected chi connectivity index (χ2v) is 4.89. The Hall–Kier alpha value is -1.91. The number of imidazole rings is 1. The van der Waals surface area contributed by atoms with Crippen LogP contribution in [0.1, 0.15) is 18.4 Å². The van der Waals surface area contributed by atoms with Gasteiger partial charge in [-0.25, -0.2) is 13.8 Å². The first-order chi connectivity index (χ1) is 9.20. The molecule has 0 spiro atoms. The molecule has 2 aromatic rings. The number of halogens is 2. The minimum atomic E-state index is -0.531. The maximum Gasteiger partial charge on any atom is 0.202 e. The number of anilines is 1. The number of hydrogen-bond donors (Lipinski definition) is 1. The van der Waals surface area contributed by atoms with Crippen LogP contribution in [-0.4, -0.2) is 15.6 Å². The maximum atomic E-state index is 13.1. The van der Waals surface area contributed by atoms with Crippen molar-refractivity contribution in [2.75, 3.05) is 5.32 Å². The summed E-state index contributed by atoms with van der Waals surface area (Å²) < 4.78 is 28.1. The average molecular weight is 263 g/mol. The Labute approximate surface area is 110 Å². The largest absolute Gasteiger partial charge is 0.353 e. The van der Waals surface area contributed by atoms with Crippen LogP contribution < -0.4 is 5.32 Å². The molecule has 0 radical (unpaired) electrons. The first kappa shape index (κ1) is 12.1. The fraction of sp³-hybridized carbons (Fsp3) is 0.357. The zero-order valence-corrected chi connectivity index (χ0v) is 10.4. The van der Waals surface area contributed by atoms with E-state index in [0.29, 0.717) is 24.6 Å². The molecule has 1 aromatic heterocycles. The van der Waals surface area contributed by atoms with E-state index in [4.69, 9.17) is 0 Å². The van der Waals surface area contributed by atoms with Gasteiger partial charge < -0.3 is 9.88 Å². The van der Waals surface area contributed by atoms with Crippen LogP contribution in [0, 0.1) is 11.6 Å². The third-order valence-corrected chi connectivity index (χ3v) is 3.19. The third kappa shape index (κ3) is 3.10. The lowest BCUT2D eigenvalue weighted by molar-refractivity contribution is 0.576. The highest BCUT2D eigenvalue weighted by molar-refractivity contribution is 5.30. The summed E-state index contributed by atoms with van der Waals surface area (Å²) in [5.41, 5.74) is 0.656. The average Bonchev–Trinajstić information content (AvgIpc) is 3.04. The molecule has 100 valence electrons. The molecule has 0 atom stereocenters. The number of aromatic nitrogens is 2. The summed E-state index contributed by atoms with van der Waals surface area (Å²) in [4.78, 5) is 4.25. The third-order valence-electron chi connectivity index (χ3n) is 3.19. The summed E-state index contributed by atoms with van der Waals surface area (Å²) in [5, 5.41) is 3.33. The smallest absolute Gasteiger partial charge is 0.202 e. The normalized spacial score (nSPS) is 14.6. The molecule has 1 aliphatic rings. The Balaban J connectivity index is 1.66. The van der Waals surface area contributed by atoms with Crippen molar-refractivity contribution in [2.45, 2.75) is 31.8 Å². The first-order valence-corrected chi connectivity index (χ1v) is 6.43. The number of rotatable bonds is 5. The molecule has 1 fully saturated rings.